The highest BCUT2D eigenvalue weighted by Crippen LogP contribution is 2.44. The minimum absolute atomic E-state index is 0.00821. The number of nitrogens with zero attached hydrogens (tertiary/aromatic N) is 2. The summed E-state index contributed by atoms with van der Waals surface area (Å²) in [5, 5.41) is 30.5. The average Bonchev–Trinajstić information content (AvgIpc) is 3.57. The summed E-state index contributed by atoms with van der Waals surface area (Å²) in [6, 6.07) is 10.6. The summed E-state index contributed by atoms with van der Waals surface area (Å²) in [6.07, 6.45) is 4.20. The Balaban J connectivity index is 1.70. The third-order valence-corrected chi connectivity index (χ3v) is 8.18. The number of hydrogen-bond acceptors (Lipinski definition) is 7. The first kappa shape index (κ1) is 29.8. The van der Waals surface area contributed by atoms with Crippen molar-refractivity contribution in [2.24, 2.45) is 5.92 Å². The number of carbonyl (C=O) groups excluding carboxylic acids is 1. The molecule has 40 heavy (non-hydrogen) atoms. The van der Waals surface area contributed by atoms with Gasteiger partial charge in [0.2, 0.25) is 12.7 Å². The molecular weight excluding hydrogens is 512 g/mol. The molecule has 4 rings (SSSR count). The summed E-state index contributed by atoms with van der Waals surface area (Å²) in [5.41, 5.74) is 2.91. The molecule has 2 aliphatic heterocycles. The molecule has 2 aromatic rings. The number of benzene rings is 2. The van der Waals surface area contributed by atoms with Crippen LogP contribution in [0.4, 0.5) is 0 Å². The van der Waals surface area contributed by atoms with Gasteiger partial charge in [-0.05, 0) is 48.1 Å². The number of ether oxygens (including phenoxy) is 2. The Morgan fingerprint density at radius 2 is 1.65 bits per heavy atom. The van der Waals surface area contributed by atoms with E-state index in [0.29, 0.717) is 43.1 Å². The number of aliphatic hydroxyl groups is 2. The largest absolute Gasteiger partial charge is 0.481 e. The van der Waals surface area contributed by atoms with Gasteiger partial charge in [-0.2, -0.15) is 0 Å². The molecule has 3 N–H and O–H groups in total. The van der Waals surface area contributed by atoms with Gasteiger partial charge in [0.05, 0.1) is 25.7 Å². The van der Waals surface area contributed by atoms with Crippen molar-refractivity contribution in [3.63, 3.8) is 0 Å². The molecule has 3 atom stereocenters. The highest BCUT2D eigenvalue weighted by atomic mass is 16.7. The quantitative estimate of drug-likeness (QED) is 0.325. The Morgan fingerprint density at radius 3 is 2.27 bits per heavy atom. The molecular formula is C31H42N2O7. The third kappa shape index (κ3) is 6.59. The van der Waals surface area contributed by atoms with E-state index in [9.17, 15) is 24.9 Å². The summed E-state index contributed by atoms with van der Waals surface area (Å²) < 4.78 is 11.1. The number of aliphatic hydroxyl groups excluding tert-OH is 2. The molecule has 0 radical (unpaired) electrons. The maximum Gasteiger partial charge on any atom is 0.308 e. The van der Waals surface area contributed by atoms with Crippen LogP contribution >= 0.6 is 0 Å². The number of carboxylic acid groups (broad SMARTS) is 1. The first-order valence-corrected chi connectivity index (χ1v) is 14.4. The van der Waals surface area contributed by atoms with Crippen LogP contribution in [0.2, 0.25) is 0 Å². The monoisotopic (exact) mass is 554 g/mol. The molecule has 1 amide bonds. The lowest BCUT2D eigenvalue weighted by Crippen LogP contribution is -2.45. The van der Waals surface area contributed by atoms with Crippen LogP contribution in [0.15, 0.2) is 36.4 Å². The van der Waals surface area contributed by atoms with Crippen LogP contribution in [0.25, 0.3) is 0 Å². The first-order chi connectivity index (χ1) is 19.4. The second-order valence-corrected chi connectivity index (χ2v) is 10.8. The molecule has 2 heterocycles. The van der Waals surface area contributed by atoms with Crippen LogP contribution in [0.5, 0.6) is 11.5 Å². The van der Waals surface area contributed by atoms with Crippen LogP contribution < -0.4 is 9.47 Å². The normalized spacial score (nSPS) is 20.1. The molecule has 218 valence electrons. The number of fused-ring (bicyclic) bond motifs is 1. The smallest absolute Gasteiger partial charge is 0.308 e. The maximum absolute atomic E-state index is 13.6. The number of carbonyl (C=O) groups is 2. The van der Waals surface area contributed by atoms with Crippen molar-refractivity contribution in [2.45, 2.75) is 71.1 Å². The van der Waals surface area contributed by atoms with E-state index in [4.69, 9.17) is 9.47 Å². The molecule has 1 fully saturated rings. The summed E-state index contributed by atoms with van der Waals surface area (Å²) in [4.78, 5) is 30.5. The van der Waals surface area contributed by atoms with Crippen LogP contribution in [0, 0.1) is 5.92 Å². The van der Waals surface area contributed by atoms with Crippen LogP contribution in [0.1, 0.15) is 67.7 Å². The number of amides is 1. The standard InChI is InChI=1S/C31H42N2O7/c1-3-5-11-32(12-6-4-2)28(36)17-33-16-25(23-13-24(19-35)30-27(15-23)39-20-40-30)29(31(37)38)26(33)14-21-9-7-8-10-22(21)18-34/h7-10,13,15,25-26,29,34-35H,3-6,11-12,14,16-20H2,1-2H3,(H,37,38)/t25-,26+,29-/m1/s1. The van der Waals surface area contributed by atoms with Gasteiger partial charge >= 0.3 is 5.97 Å². The minimum atomic E-state index is -0.941. The second-order valence-electron chi connectivity index (χ2n) is 10.8. The highest BCUT2D eigenvalue weighted by Gasteiger charge is 2.47. The molecule has 0 aliphatic carbocycles. The lowest BCUT2D eigenvalue weighted by atomic mass is 9.82. The number of rotatable bonds is 14. The van der Waals surface area contributed by atoms with Crippen molar-refractivity contribution in [3.8, 4) is 11.5 Å². The Hall–Kier alpha value is -3.14. The SMILES string of the molecule is CCCCN(CCCC)C(=O)CN1C[C@H](c2cc(CO)c3c(c2)OCO3)[C@@H](C(=O)O)[C@@H]1Cc1ccccc1CO. The molecule has 0 saturated carbocycles. The topological polar surface area (TPSA) is 120 Å². The van der Waals surface area contributed by atoms with Gasteiger partial charge < -0.3 is 29.7 Å². The zero-order valence-corrected chi connectivity index (χ0v) is 23.6. The lowest BCUT2D eigenvalue weighted by molar-refractivity contribution is -0.143. The fraction of sp³-hybridized carbons (Fsp3) is 0.548. The zero-order valence-electron chi connectivity index (χ0n) is 23.6. The number of unbranched alkanes of at least 4 members (excludes halogenated alkanes) is 2. The second kappa shape index (κ2) is 14.0. The molecule has 9 heteroatoms. The molecule has 1 saturated heterocycles. The fourth-order valence-corrected chi connectivity index (χ4v) is 5.99. The predicted molar refractivity (Wildman–Crippen MR) is 150 cm³/mol. The van der Waals surface area contributed by atoms with E-state index < -0.39 is 23.8 Å². The molecule has 0 aromatic heterocycles. The molecule has 2 aromatic carbocycles. The van der Waals surface area contributed by atoms with Crippen molar-refractivity contribution in [1.82, 2.24) is 9.80 Å². The number of carboxylic acids is 1. The van der Waals surface area contributed by atoms with Gasteiger partial charge in [-0.1, -0.05) is 51.0 Å². The lowest BCUT2D eigenvalue weighted by Gasteiger charge is -2.30. The van der Waals surface area contributed by atoms with Crippen LogP contribution in [-0.4, -0.2) is 76.0 Å². The minimum Gasteiger partial charge on any atom is -0.481 e. The fourth-order valence-electron chi connectivity index (χ4n) is 5.99. The first-order valence-electron chi connectivity index (χ1n) is 14.4. The molecule has 0 spiro atoms. The van der Waals surface area contributed by atoms with E-state index in [1.165, 1.54) is 0 Å². The van der Waals surface area contributed by atoms with Crippen molar-refractivity contribution < 1.29 is 34.4 Å². The number of aliphatic carboxylic acids is 1. The van der Waals surface area contributed by atoms with E-state index in [1.54, 1.807) is 12.1 Å². The Labute approximate surface area is 236 Å². The van der Waals surface area contributed by atoms with E-state index in [2.05, 4.69) is 13.8 Å². The van der Waals surface area contributed by atoms with Gasteiger partial charge in [-0.3, -0.25) is 14.5 Å². The van der Waals surface area contributed by atoms with Crippen molar-refractivity contribution in [1.29, 1.82) is 0 Å². The van der Waals surface area contributed by atoms with Gasteiger partial charge in [0.25, 0.3) is 0 Å². The van der Waals surface area contributed by atoms with Gasteiger partial charge in [0, 0.05) is 37.2 Å². The highest BCUT2D eigenvalue weighted by molar-refractivity contribution is 5.79. The maximum atomic E-state index is 13.6. The third-order valence-electron chi connectivity index (χ3n) is 8.18. The number of hydrogen-bond donors (Lipinski definition) is 3. The van der Waals surface area contributed by atoms with E-state index in [-0.39, 0.29) is 32.5 Å². The van der Waals surface area contributed by atoms with E-state index >= 15 is 0 Å². The van der Waals surface area contributed by atoms with Crippen molar-refractivity contribution >= 4 is 11.9 Å². The molecule has 0 unspecified atom stereocenters. The molecule has 9 nitrogen and oxygen atoms in total. The van der Waals surface area contributed by atoms with Gasteiger partial charge in [-0.15, -0.1) is 0 Å². The molecule has 0 bridgehead atoms. The summed E-state index contributed by atoms with van der Waals surface area (Å²) in [6.45, 7) is 5.72. The Morgan fingerprint density at radius 1 is 0.975 bits per heavy atom. The van der Waals surface area contributed by atoms with Gasteiger partial charge in [0.1, 0.15) is 0 Å². The van der Waals surface area contributed by atoms with Crippen LogP contribution in [0.3, 0.4) is 0 Å². The van der Waals surface area contributed by atoms with Gasteiger partial charge in [0.15, 0.2) is 11.5 Å². The predicted octanol–water partition coefficient (Wildman–Crippen LogP) is 3.54. The van der Waals surface area contributed by atoms with Crippen LogP contribution in [-0.2, 0) is 29.2 Å². The summed E-state index contributed by atoms with van der Waals surface area (Å²) in [5.74, 6) is -1.20. The van der Waals surface area contributed by atoms with Gasteiger partial charge in [-0.25, -0.2) is 0 Å². The Bertz CT molecular complexity index is 1160. The van der Waals surface area contributed by atoms with Crippen molar-refractivity contribution in [2.75, 3.05) is 33.0 Å². The number of likely N-dealkylation sites (tertiary alicyclic amines) is 1. The average molecular weight is 555 g/mol. The Kier molecular flexibility index (Phi) is 10.4. The van der Waals surface area contributed by atoms with E-state index in [0.717, 1.165) is 42.4 Å². The van der Waals surface area contributed by atoms with E-state index in [1.807, 2.05) is 34.1 Å². The molecule has 2 aliphatic rings. The van der Waals surface area contributed by atoms with Crippen molar-refractivity contribution in [3.05, 3.63) is 58.7 Å². The zero-order chi connectivity index (χ0) is 28.6. The summed E-state index contributed by atoms with van der Waals surface area (Å²) >= 11 is 0. The summed E-state index contributed by atoms with van der Waals surface area (Å²) in [7, 11) is 0.